The normalized spacial score (nSPS) is 23.4. The molecular weight excluding hydrogens is 522 g/mol. The Morgan fingerprint density at radius 3 is 2.34 bits per heavy atom. The molecule has 11 heteroatoms. The summed E-state index contributed by atoms with van der Waals surface area (Å²) >= 11 is 31.0. The summed E-state index contributed by atoms with van der Waals surface area (Å²) in [4.78, 5) is 37.1. The average molecular weight is 537 g/mol. The quantitative estimate of drug-likeness (QED) is 0.406. The van der Waals surface area contributed by atoms with E-state index in [-0.39, 0.29) is 17.2 Å². The van der Waals surface area contributed by atoms with Crippen molar-refractivity contribution in [2.75, 3.05) is 11.9 Å². The molecule has 0 spiro atoms. The molecule has 0 bridgehead atoms. The molecule has 1 aliphatic carbocycles. The van der Waals surface area contributed by atoms with Crippen molar-refractivity contribution in [3.05, 3.63) is 62.6 Å². The van der Waals surface area contributed by atoms with Crippen molar-refractivity contribution in [1.29, 1.82) is 0 Å². The smallest absolute Gasteiger partial charge is 0.328 e. The first-order chi connectivity index (χ1) is 15.1. The van der Waals surface area contributed by atoms with Gasteiger partial charge in [-0.05, 0) is 42.0 Å². The number of ether oxygens (including phenoxy) is 1. The first kappa shape index (κ1) is 23.5. The van der Waals surface area contributed by atoms with Crippen molar-refractivity contribution in [2.45, 2.75) is 22.7 Å². The van der Waals surface area contributed by atoms with Crippen LogP contribution >= 0.6 is 58.0 Å². The van der Waals surface area contributed by atoms with E-state index in [9.17, 15) is 14.4 Å². The van der Waals surface area contributed by atoms with Crippen LogP contribution in [0.3, 0.4) is 0 Å². The molecule has 0 radical (unpaired) electrons. The number of carbonyl (C=O) groups excluding carboxylic acids is 3. The van der Waals surface area contributed by atoms with Gasteiger partial charge in [-0.3, -0.25) is 9.59 Å². The Labute approximate surface area is 208 Å². The summed E-state index contributed by atoms with van der Waals surface area (Å²) in [5, 5.41) is 6.26. The molecule has 0 aromatic heterocycles. The summed E-state index contributed by atoms with van der Waals surface area (Å²) in [7, 11) is 0. The maximum Gasteiger partial charge on any atom is 0.328 e. The Morgan fingerprint density at radius 1 is 1.03 bits per heavy atom. The van der Waals surface area contributed by atoms with E-state index >= 15 is 0 Å². The van der Waals surface area contributed by atoms with Gasteiger partial charge in [-0.15, -0.1) is 23.2 Å². The van der Waals surface area contributed by atoms with Crippen LogP contribution in [0.1, 0.15) is 28.3 Å². The highest BCUT2D eigenvalue weighted by atomic mass is 35.5. The third kappa shape index (κ3) is 4.66. The zero-order valence-corrected chi connectivity index (χ0v) is 19.9. The Balaban J connectivity index is 1.49. The van der Waals surface area contributed by atoms with Crippen molar-refractivity contribution in [3.8, 4) is 0 Å². The van der Waals surface area contributed by atoms with E-state index in [4.69, 9.17) is 62.7 Å². The molecule has 1 heterocycles. The van der Waals surface area contributed by atoms with Crippen molar-refractivity contribution >= 4 is 81.5 Å². The Kier molecular flexibility index (Phi) is 6.54. The van der Waals surface area contributed by atoms with Gasteiger partial charge in [0.15, 0.2) is 0 Å². The maximum atomic E-state index is 12.9. The van der Waals surface area contributed by atoms with Crippen molar-refractivity contribution in [3.63, 3.8) is 0 Å². The number of esters is 1. The van der Waals surface area contributed by atoms with E-state index in [1.807, 2.05) is 0 Å². The summed E-state index contributed by atoms with van der Waals surface area (Å²) in [6, 6.07) is 8.57. The molecule has 2 aliphatic rings. The summed E-state index contributed by atoms with van der Waals surface area (Å²) in [6.45, 7) is 0.243. The van der Waals surface area contributed by atoms with Crippen LogP contribution < -0.4 is 10.6 Å². The number of amides is 2. The third-order valence-corrected chi connectivity index (χ3v) is 7.01. The number of halogens is 5. The SMILES string of the molecule is O=C(NC1CCOC1=O)c1cc(NC(=O)[C@H]2[C@H](c3cc(Cl)cc(Cl)c3)C2(Cl)Cl)ccc1Cl. The molecule has 3 atom stereocenters. The van der Waals surface area contributed by atoms with Gasteiger partial charge in [0.1, 0.15) is 10.4 Å². The topological polar surface area (TPSA) is 84.5 Å². The standard InChI is InChI=1S/C21H15Cl5N2O4/c22-10-5-9(6-11(23)7-10)16-17(21(16,25)26)19(30)27-12-1-2-14(24)13(8-12)18(29)28-15-3-4-32-20(15)31/h1-2,5-8,15-17H,3-4H2,(H,27,30)(H,28,29)/t15?,16-,17+/m0/s1. The van der Waals surface area contributed by atoms with Gasteiger partial charge in [0.2, 0.25) is 5.91 Å². The van der Waals surface area contributed by atoms with Gasteiger partial charge < -0.3 is 15.4 Å². The van der Waals surface area contributed by atoms with E-state index in [2.05, 4.69) is 10.6 Å². The molecular formula is C21H15Cl5N2O4. The Hall–Kier alpha value is -1.70. The van der Waals surface area contributed by atoms with Crippen molar-refractivity contribution in [1.82, 2.24) is 5.32 Å². The second-order valence-electron chi connectivity index (χ2n) is 7.50. The van der Waals surface area contributed by atoms with Crippen LogP contribution in [-0.2, 0) is 14.3 Å². The molecule has 6 nitrogen and oxygen atoms in total. The van der Waals surface area contributed by atoms with Crippen LogP contribution in [0, 0.1) is 5.92 Å². The molecule has 1 unspecified atom stereocenters. The molecule has 2 N–H and O–H groups in total. The predicted molar refractivity (Wildman–Crippen MR) is 124 cm³/mol. The van der Waals surface area contributed by atoms with E-state index in [0.717, 1.165) is 0 Å². The number of cyclic esters (lactones) is 1. The van der Waals surface area contributed by atoms with Crippen LogP contribution in [0.5, 0.6) is 0 Å². The van der Waals surface area contributed by atoms with Gasteiger partial charge in [-0.2, -0.15) is 0 Å². The molecule has 4 rings (SSSR count). The molecule has 1 saturated heterocycles. The fourth-order valence-corrected chi connectivity index (χ4v) is 5.26. The number of rotatable bonds is 5. The van der Waals surface area contributed by atoms with Gasteiger partial charge in [0.25, 0.3) is 5.91 Å². The lowest BCUT2D eigenvalue weighted by molar-refractivity contribution is -0.139. The molecule has 32 heavy (non-hydrogen) atoms. The molecule has 168 valence electrons. The molecule has 1 saturated carbocycles. The number of anilines is 1. The second-order valence-corrected chi connectivity index (χ2v) is 10.2. The predicted octanol–water partition coefficient (Wildman–Crippen LogP) is 5.22. The van der Waals surface area contributed by atoms with E-state index in [0.29, 0.717) is 27.7 Å². The highest BCUT2D eigenvalue weighted by Gasteiger charge is 2.67. The van der Waals surface area contributed by atoms with E-state index in [1.165, 1.54) is 12.1 Å². The van der Waals surface area contributed by atoms with Crippen molar-refractivity contribution < 1.29 is 19.1 Å². The number of benzene rings is 2. The van der Waals surface area contributed by atoms with Gasteiger partial charge in [0, 0.05) is 28.1 Å². The van der Waals surface area contributed by atoms with E-state index < -0.39 is 40.0 Å². The summed E-state index contributed by atoms with van der Waals surface area (Å²) in [5.41, 5.74) is 1.06. The number of nitrogens with one attached hydrogen (secondary N) is 2. The lowest BCUT2D eigenvalue weighted by Crippen LogP contribution is -2.38. The summed E-state index contributed by atoms with van der Waals surface area (Å²) < 4.78 is 3.50. The maximum absolute atomic E-state index is 12.9. The number of hydrogen-bond acceptors (Lipinski definition) is 4. The van der Waals surface area contributed by atoms with Gasteiger partial charge in [0.05, 0.1) is 23.1 Å². The zero-order valence-electron chi connectivity index (χ0n) is 16.1. The molecule has 2 aromatic rings. The number of alkyl halides is 2. The summed E-state index contributed by atoms with van der Waals surface area (Å²) in [6.07, 6.45) is 0.378. The molecule has 1 aliphatic heterocycles. The van der Waals surface area contributed by atoms with Crippen LogP contribution in [0.15, 0.2) is 36.4 Å². The Bertz CT molecular complexity index is 1100. The average Bonchev–Trinajstić information content (AvgIpc) is 3.07. The monoisotopic (exact) mass is 534 g/mol. The number of carbonyl (C=O) groups is 3. The van der Waals surface area contributed by atoms with Gasteiger partial charge in [-0.1, -0.05) is 34.8 Å². The fraction of sp³-hybridized carbons (Fsp3) is 0.286. The van der Waals surface area contributed by atoms with Gasteiger partial charge >= 0.3 is 5.97 Å². The van der Waals surface area contributed by atoms with Crippen molar-refractivity contribution in [2.24, 2.45) is 5.92 Å². The van der Waals surface area contributed by atoms with Gasteiger partial charge in [-0.25, -0.2) is 4.79 Å². The minimum atomic E-state index is -1.34. The first-order valence-corrected chi connectivity index (χ1v) is 11.4. The lowest BCUT2D eigenvalue weighted by Gasteiger charge is -2.12. The second kappa shape index (κ2) is 8.92. The largest absolute Gasteiger partial charge is 0.464 e. The van der Waals surface area contributed by atoms with Crippen LogP contribution in [0.4, 0.5) is 5.69 Å². The van der Waals surface area contributed by atoms with Crippen LogP contribution in [0.2, 0.25) is 15.1 Å². The first-order valence-electron chi connectivity index (χ1n) is 9.49. The molecule has 2 aromatic carbocycles. The van der Waals surface area contributed by atoms with Crippen LogP contribution in [0.25, 0.3) is 0 Å². The van der Waals surface area contributed by atoms with Crippen LogP contribution in [-0.4, -0.2) is 34.8 Å². The molecule has 2 amide bonds. The zero-order chi connectivity index (χ0) is 23.2. The molecule has 2 fully saturated rings. The third-order valence-electron chi connectivity index (χ3n) is 5.30. The summed E-state index contributed by atoms with van der Waals surface area (Å²) in [5.74, 6) is -2.77. The minimum absolute atomic E-state index is 0.0983. The number of hydrogen-bond donors (Lipinski definition) is 2. The highest BCUT2D eigenvalue weighted by Crippen LogP contribution is 2.65. The van der Waals surface area contributed by atoms with E-state index in [1.54, 1.807) is 24.3 Å². The highest BCUT2D eigenvalue weighted by molar-refractivity contribution is 6.53. The Morgan fingerprint density at radius 2 is 1.72 bits per heavy atom. The minimum Gasteiger partial charge on any atom is -0.464 e. The lowest BCUT2D eigenvalue weighted by atomic mass is 10.1. The fourth-order valence-electron chi connectivity index (χ4n) is 3.68.